The van der Waals surface area contributed by atoms with Crippen LogP contribution in [0.3, 0.4) is 0 Å². The number of hydrogen-bond donors (Lipinski definition) is 0. The fraction of sp³-hybridized carbons (Fsp3) is 0. The van der Waals surface area contributed by atoms with Crippen LogP contribution in [0, 0.1) is 0 Å². The Bertz CT molecular complexity index is 3140. The van der Waals surface area contributed by atoms with Gasteiger partial charge in [-0.15, -0.1) is 11.3 Å². The number of para-hydroxylation sites is 2. The Morgan fingerprint density at radius 1 is 0.472 bits per heavy atom. The van der Waals surface area contributed by atoms with Gasteiger partial charge in [-0.2, -0.15) is 0 Å². The van der Waals surface area contributed by atoms with Gasteiger partial charge in [-0.05, 0) is 51.4 Å². The van der Waals surface area contributed by atoms with Crippen molar-refractivity contribution >= 4 is 114 Å². The van der Waals surface area contributed by atoms with Gasteiger partial charge < -0.3 is 0 Å². The topological polar surface area (TPSA) is 32.3 Å². The quantitative estimate of drug-likeness (QED) is 0.173. The third kappa shape index (κ3) is 4.38. The van der Waals surface area contributed by atoms with Gasteiger partial charge in [0.2, 0.25) is 0 Å². The molecule has 4 nitrogen and oxygen atoms in total. The fourth-order valence-corrected chi connectivity index (χ4v) is 9.44. The monoisotopic (exact) mass is 688 g/mol. The molecule has 0 amide bonds. The average Bonchev–Trinajstić information content (AvgIpc) is 3.60. The lowest BCUT2D eigenvalue weighted by molar-refractivity contribution is 0.936. The largest absolute Gasteiger partial charge is 0.251 e. The van der Waals surface area contributed by atoms with Crippen molar-refractivity contribution in [3.05, 3.63) is 158 Å². The molecular formula is C46H26B2N4S. The molecule has 0 unspecified atom stereocenters. The molecule has 0 fully saturated rings. The number of nitrogens with zero attached hydrogens (tertiary/aromatic N) is 4. The number of benzene rings is 8. The van der Waals surface area contributed by atoms with Crippen LogP contribution < -0.4 is 20.9 Å². The molecule has 11 rings (SSSR count). The van der Waals surface area contributed by atoms with Gasteiger partial charge in [-0.1, -0.05) is 144 Å². The van der Waals surface area contributed by atoms with Gasteiger partial charge in [0.15, 0.2) is 0 Å². The second-order valence-corrected chi connectivity index (χ2v) is 14.5. The lowest BCUT2D eigenvalue weighted by atomic mass is 9.86. The van der Waals surface area contributed by atoms with Crippen molar-refractivity contribution in [2.75, 3.05) is 10.0 Å². The molecule has 0 spiro atoms. The van der Waals surface area contributed by atoms with Crippen LogP contribution in [0.25, 0.3) is 75.0 Å². The molecule has 7 heteroatoms. The van der Waals surface area contributed by atoms with Gasteiger partial charge in [-0.3, -0.25) is 0 Å². The second-order valence-electron chi connectivity index (χ2n) is 13.4. The van der Waals surface area contributed by atoms with E-state index in [0.717, 1.165) is 71.2 Å². The lowest BCUT2D eigenvalue weighted by Crippen LogP contribution is -2.42. The number of aromatic nitrogens is 2. The first-order valence-electron chi connectivity index (χ1n) is 17.6. The first-order valence-corrected chi connectivity index (χ1v) is 18.4. The molecule has 0 bridgehead atoms. The van der Waals surface area contributed by atoms with E-state index in [1.165, 1.54) is 20.9 Å². The van der Waals surface area contributed by atoms with Crippen LogP contribution in [0.2, 0.25) is 0 Å². The summed E-state index contributed by atoms with van der Waals surface area (Å²) in [5.41, 5.74) is 8.83. The molecule has 0 atom stereocenters. The summed E-state index contributed by atoms with van der Waals surface area (Å²) in [7, 11) is 13.6. The predicted molar refractivity (Wildman–Crippen MR) is 226 cm³/mol. The van der Waals surface area contributed by atoms with Gasteiger partial charge in [0.25, 0.3) is 5.95 Å². The van der Waals surface area contributed by atoms with Crippen LogP contribution in [0.5, 0.6) is 0 Å². The fourth-order valence-electron chi connectivity index (χ4n) is 8.19. The van der Waals surface area contributed by atoms with E-state index in [4.69, 9.17) is 25.7 Å². The van der Waals surface area contributed by atoms with Gasteiger partial charge in [-0.25, -0.2) is 20.0 Å². The first kappa shape index (κ1) is 30.2. The smallest absolute Gasteiger partial charge is 0.246 e. The van der Waals surface area contributed by atoms with E-state index in [1.807, 2.05) is 60.7 Å². The van der Waals surface area contributed by atoms with Gasteiger partial charge in [0, 0.05) is 32.0 Å². The Morgan fingerprint density at radius 2 is 1.13 bits per heavy atom. The third-order valence-corrected chi connectivity index (χ3v) is 11.6. The van der Waals surface area contributed by atoms with Crippen molar-refractivity contribution in [1.82, 2.24) is 9.97 Å². The summed E-state index contributed by atoms with van der Waals surface area (Å²) in [6, 6.07) is 54.7. The molecule has 53 heavy (non-hydrogen) atoms. The Kier molecular flexibility index (Phi) is 6.58. The van der Waals surface area contributed by atoms with E-state index in [-0.39, 0.29) is 0 Å². The Balaban J connectivity index is 1.38. The number of fused-ring (bicyclic) bond motifs is 13. The minimum atomic E-state index is 0.513. The number of anilines is 4. The van der Waals surface area contributed by atoms with E-state index in [1.54, 1.807) is 11.3 Å². The summed E-state index contributed by atoms with van der Waals surface area (Å²) in [5, 5.41) is 12.5. The van der Waals surface area contributed by atoms with Crippen LogP contribution in [-0.2, 0) is 0 Å². The number of hydrogen-bond acceptors (Lipinski definition) is 5. The first-order chi connectivity index (χ1) is 26.2. The van der Waals surface area contributed by atoms with Crippen molar-refractivity contribution < 1.29 is 0 Å². The van der Waals surface area contributed by atoms with Crippen molar-refractivity contribution in [3.8, 4) is 22.4 Å². The van der Waals surface area contributed by atoms with Gasteiger partial charge in [0.05, 0.1) is 33.0 Å². The lowest BCUT2D eigenvalue weighted by Gasteiger charge is -2.44. The minimum Gasteiger partial charge on any atom is -0.246 e. The molecule has 8 aromatic carbocycles. The van der Waals surface area contributed by atoms with E-state index in [0.29, 0.717) is 16.9 Å². The van der Waals surface area contributed by atoms with E-state index in [9.17, 15) is 0 Å². The maximum Gasteiger partial charge on any atom is 0.251 e. The molecule has 3 heterocycles. The van der Waals surface area contributed by atoms with Crippen molar-refractivity contribution in [2.45, 2.75) is 0 Å². The van der Waals surface area contributed by atoms with Crippen molar-refractivity contribution in [1.29, 1.82) is 0 Å². The van der Waals surface area contributed by atoms with Crippen molar-refractivity contribution in [2.24, 2.45) is 0 Å². The highest BCUT2D eigenvalue weighted by Crippen LogP contribution is 2.58. The zero-order valence-electron chi connectivity index (χ0n) is 28.4. The molecular weight excluding hydrogens is 662 g/mol. The molecule has 242 valence electrons. The number of thiophene rings is 1. The summed E-state index contributed by atoms with van der Waals surface area (Å²) in [6.07, 6.45) is 0. The molecule has 0 N–H and O–H groups in total. The molecule has 0 aliphatic carbocycles. The summed E-state index contributed by atoms with van der Waals surface area (Å²) in [4.78, 5) is 10.9. The van der Waals surface area contributed by atoms with Crippen LogP contribution >= 0.6 is 11.3 Å². The van der Waals surface area contributed by atoms with Crippen LogP contribution in [0.15, 0.2) is 158 Å². The summed E-state index contributed by atoms with van der Waals surface area (Å²) >= 11 is 1.80. The molecule has 0 saturated heterocycles. The molecule has 2 aromatic heterocycles. The predicted octanol–water partition coefficient (Wildman–Crippen LogP) is 10.4. The normalized spacial score (nSPS) is 12.6. The maximum absolute atomic E-state index is 6.95. The molecule has 1 aliphatic rings. The highest BCUT2D eigenvalue weighted by Gasteiger charge is 2.38. The number of hydrazine groups is 1. The highest BCUT2D eigenvalue weighted by atomic mass is 32.1. The van der Waals surface area contributed by atoms with E-state index < -0.39 is 0 Å². The Hall–Kier alpha value is -6.43. The SMILES string of the molecule is [B]c1ccccc1-c1nc(N2c3c(c4ccccc4c4c3sc3ccccc34)-c3c(ccc4ccccc34)N2c2ccccc2[B])nc2ccccc12. The molecule has 0 saturated carbocycles. The van der Waals surface area contributed by atoms with Crippen LogP contribution in [-0.4, -0.2) is 25.7 Å². The van der Waals surface area contributed by atoms with E-state index in [2.05, 4.69) is 107 Å². The third-order valence-electron chi connectivity index (χ3n) is 10.5. The van der Waals surface area contributed by atoms with Gasteiger partial charge in [0.1, 0.15) is 15.7 Å². The zero-order chi connectivity index (χ0) is 35.2. The highest BCUT2D eigenvalue weighted by molar-refractivity contribution is 7.26. The van der Waals surface area contributed by atoms with Crippen LogP contribution in [0.4, 0.5) is 23.0 Å². The van der Waals surface area contributed by atoms with Crippen molar-refractivity contribution in [3.63, 3.8) is 0 Å². The number of rotatable bonds is 3. The second kappa shape index (κ2) is 11.5. The standard InChI is InChI=1S/C46H26B2N4S/c47-34-20-8-5-17-31(34)43-32-18-6-10-22-36(32)49-46(50-43)52-44-42(30-16-4-3-15-29(30)40-33-19-7-12-24-39(33)53-45(40)44)41-28-14-2-1-13-27(28)25-26-38(41)51(52)37-23-11-9-21-35(37)48/h1-26H. The van der Waals surface area contributed by atoms with Gasteiger partial charge >= 0.3 is 0 Å². The molecule has 10 aromatic rings. The maximum atomic E-state index is 6.95. The average molecular weight is 688 g/mol. The summed E-state index contributed by atoms with van der Waals surface area (Å²) < 4.78 is 2.36. The Morgan fingerprint density at radius 3 is 1.96 bits per heavy atom. The van der Waals surface area contributed by atoms with E-state index >= 15 is 0 Å². The molecule has 1 aliphatic heterocycles. The minimum absolute atomic E-state index is 0.513. The molecule has 4 radical (unpaired) electrons. The zero-order valence-corrected chi connectivity index (χ0v) is 29.2. The summed E-state index contributed by atoms with van der Waals surface area (Å²) in [6.45, 7) is 0. The summed E-state index contributed by atoms with van der Waals surface area (Å²) in [5.74, 6) is 0.513. The van der Waals surface area contributed by atoms with Crippen LogP contribution in [0.1, 0.15) is 0 Å². The Labute approximate surface area is 312 Å².